The van der Waals surface area contributed by atoms with Crippen molar-refractivity contribution in [3.05, 3.63) is 35.9 Å². The van der Waals surface area contributed by atoms with Crippen LogP contribution in [0.4, 0.5) is 0 Å². The Labute approximate surface area is 121 Å². The summed E-state index contributed by atoms with van der Waals surface area (Å²) in [5, 5.41) is 3.80. The van der Waals surface area contributed by atoms with E-state index in [4.69, 9.17) is 0 Å². The zero-order chi connectivity index (χ0) is 12.9. The normalized spacial score (nSPS) is 22.3. The molecule has 1 heterocycles. The average molecular weight is 276 g/mol. The smallest absolute Gasteiger partial charge is 0.0349 e. The summed E-state index contributed by atoms with van der Waals surface area (Å²) in [4.78, 5) is 2.60. The number of thioether (sulfide) groups is 1. The van der Waals surface area contributed by atoms with Gasteiger partial charge in [0, 0.05) is 43.7 Å². The average Bonchev–Trinajstić information content (AvgIpc) is 3.30. The van der Waals surface area contributed by atoms with Crippen LogP contribution in [0.1, 0.15) is 24.4 Å². The number of rotatable bonds is 6. The summed E-state index contributed by atoms with van der Waals surface area (Å²) < 4.78 is 0. The highest BCUT2D eigenvalue weighted by atomic mass is 32.2. The quantitative estimate of drug-likeness (QED) is 0.860. The maximum absolute atomic E-state index is 3.80. The molecule has 1 atom stereocenters. The first-order chi connectivity index (χ1) is 9.43. The minimum Gasteiger partial charge on any atom is -0.308 e. The maximum Gasteiger partial charge on any atom is 0.0349 e. The topological polar surface area (TPSA) is 15.3 Å². The largest absolute Gasteiger partial charge is 0.308 e. The minimum absolute atomic E-state index is 0.584. The van der Waals surface area contributed by atoms with Crippen molar-refractivity contribution < 1.29 is 0 Å². The van der Waals surface area contributed by atoms with Crippen molar-refractivity contribution in [3.8, 4) is 0 Å². The minimum atomic E-state index is 0.584. The summed E-state index contributed by atoms with van der Waals surface area (Å²) in [6.07, 6.45) is 2.79. The summed E-state index contributed by atoms with van der Waals surface area (Å²) in [7, 11) is 0. The first-order valence-corrected chi connectivity index (χ1v) is 8.67. The van der Waals surface area contributed by atoms with Crippen LogP contribution in [-0.4, -0.2) is 42.6 Å². The molecule has 3 heteroatoms. The second kappa shape index (κ2) is 6.78. The van der Waals surface area contributed by atoms with E-state index in [2.05, 4.69) is 52.3 Å². The molecule has 1 saturated carbocycles. The lowest BCUT2D eigenvalue weighted by Crippen LogP contribution is -2.38. The van der Waals surface area contributed by atoms with Gasteiger partial charge in [-0.3, -0.25) is 0 Å². The lowest BCUT2D eigenvalue weighted by molar-refractivity contribution is 0.292. The second-order valence-electron chi connectivity index (χ2n) is 5.63. The van der Waals surface area contributed by atoms with Crippen LogP contribution in [-0.2, 0) is 0 Å². The fourth-order valence-electron chi connectivity index (χ4n) is 2.85. The van der Waals surface area contributed by atoms with E-state index in [9.17, 15) is 0 Å². The van der Waals surface area contributed by atoms with Gasteiger partial charge in [-0.2, -0.15) is 11.8 Å². The summed E-state index contributed by atoms with van der Waals surface area (Å²) in [6.45, 7) is 4.87. The molecule has 19 heavy (non-hydrogen) atoms. The molecule has 104 valence electrons. The highest BCUT2D eigenvalue weighted by Gasteiger charge is 2.31. The third kappa shape index (κ3) is 3.98. The lowest BCUT2D eigenvalue weighted by Gasteiger charge is -2.27. The van der Waals surface area contributed by atoms with Gasteiger partial charge in [0.2, 0.25) is 0 Å². The van der Waals surface area contributed by atoms with Crippen molar-refractivity contribution in [2.24, 2.45) is 5.92 Å². The number of nitrogens with one attached hydrogen (secondary N) is 1. The molecule has 1 aromatic carbocycles. The SMILES string of the molecule is c1ccc(C(NCCN2CCSCC2)C2CC2)cc1. The van der Waals surface area contributed by atoms with Crippen LogP contribution in [0.25, 0.3) is 0 Å². The maximum atomic E-state index is 3.80. The predicted molar refractivity (Wildman–Crippen MR) is 83.7 cm³/mol. The van der Waals surface area contributed by atoms with Gasteiger partial charge in [-0.25, -0.2) is 0 Å². The van der Waals surface area contributed by atoms with Gasteiger partial charge >= 0.3 is 0 Å². The molecule has 1 unspecified atom stereocenters. The second-order valence-corrected chi connectivity index (χ2v) is 6.86. The van der Waals surface area contributed by atoms with Gasteiger partial charge in [0.1, 0.15) is 0 Å². The van der Waals surface area contributed by atoms with Gasteiger partial charge in [-0.15, -0.1) is 0 Å². The first kappa shape index (κ1) is 13.5. The first-order valence-electron chi connectivity index (χ1n) is 7.52. The molecule has 1 N–H and O–H groups in total. The molecule has 0 bridgehead atoms. The summed E-state index contributed by atoms with van der Waals surface area (Å²) in [5.41, 5.74) is 1.47. The van der Waals surface area contributed by atoms with Gasteiger partial charge in [-0.1, -0.05) is 30.3 Å². The highest BCUT2D eigenvalue weighted by Crippen LogP contribution is 2.40. The molecule has 3 rings (SSSR count). The molecule has 0 radical (unpaired) electrons. The molecule has 2 fully saturated rings. The molecule has 0 spiro atoms. The Morgan fingerprint density at radius 2 is 1.89 bits per heavy atom. The molecule has 1 saturated heterocycles. The molecule has 1 aliphatic heterocycles. The van der Waals surface area contributed by atoms with Crippen molar-refractivity contribution in [2.75, 3.05) is 37.7 Å². The van der Waals surface area contributed by atoms with Gasteiger partial charge in [0.05, 0.1) is 0 Å². The van der Waals surface area contributed by atoms with Crippen LogP contribution in [0.2, 0.25) is 0 Å². The Morgan fingerprint density at radius 3 is 2.58 bits per heavy atom. The van der Waals surface area contributed by atoms with Gasteiger partial charge in [-0.05, 0) is 24.3 Å². The van der Waals surface area contributed by atoms with Crippen molar-refractivity contribution in [2.45, 2.75) is 18.9 Å². The van der Waals surface area contributed by atoms with E-state index in [-0.39, 0.29) is 0 Å². The Bertz CT molecular complexity index is 372. The number of nitrogens with zero attached hydrogens (tertiary/aromatic N) is 1. The Hall–Kier alpha value is -0.510. The Morgan fingerprint density at radius 1 is 1.16 bits per heavy atom. The standard InChI is InChI=1S/C16H24N2S/c1-2-4-14(5-3-1)16(15-6-7-15)17-8-9-18-10-12-19-13-11-18/h1-5,15-17H,6-13H2. The van der Waals surface area contributed by atoms with Crippen molar-refractivity contribution in [1.29, 1.82) is 0 Å². The van der Waals surface area contributed by atoms with Gasteiger partial charge < -0.3 is 10.2 Å². The van der Waals surface area contributed by atoms with E-state index in [0.29, 0.717) is 6.04 Å². The molecular formula is C16H24N2S. The number of hydrogen-bond acceptors (Lipinski definition) is 3. The van der Waals surface area contributed by atoms with E-state index < -0.39 is 0 Å². The van der Waals surface area contributed by atoms with Crippen molar-refractivity contribution in [3.63, 3.8) is 0 Å². The van der Waals surface area contributed by atoms with E-state index in [1.165, 1.54) is 49.5 Å². The van der Waals surface area contributed by atoms with Crippen LogP contribution in [0.3, 0.4) is 0 Å². The Kier molecular flexibility index (Phi) is 4.81. The van der Waals surface area contributed by atoms with E-state index in [1.807, 2.05) is 0 Å². The molecule has 2 aliphatic rings. The molecule has 2 nitrogen and oxygen atoms in total. The number of hydrogen-bond donors (Lipinski definition) is 1. The van der Waals surface area contributed by atoms with Crippen LogP contribution in [0.5, 0.6) is 0 Å². The molecular weight excluding hydrogens is 252 g/mol. The zero-order valence-electron chi connectivity index (χ0n) is 11.6. The molecule has 1 aromatic rings. The zero-order valence-corrected chi connectivity index (χ0v) is 12.4. The summed E-state index contributed by atoms with van der Waals surface area (Å²) in [5.74, 6) is 3.49. The summed E-state index contributed by atoms with van der Waals surface area (Å²) in [6, 6.07) is 11.6. The van der Waals surface area contributed by atoms with Crippen LogP contribution >= 0.6 is 11.8 Å². The van der Waals surface area contributed by atoms with E-state index in [0.717, 1.165) is 12.5 Å². The fourth-order valence-corrected chi connectivity index (χ4v) is 3.83. The van der Waals surface area contributed by atoms with Crippen LogP contribution in [0.15, 0.2) is 30.3 Å². The summed E-state index contributed by atoms with van der Waals surface area (Å²) >= 11 is 2.09. The van der Waals surface area contributed by atoms with Gasteiger partial charge in [0.25, 0.3) is 0 Å². The fraction of sp³-hybridized carbons (Fsp3) is 0.625. The lowest BCUT2D eigenvalue weighted by atomic mass is 10.0. The van der Waals surface area contributed by atoms with Crippen LogP contribution < -0.4 is 5.32 Å². The molecule has 0 aromatic heterocycles. The highest BCUT2D eigenvalue weighted by molar-refractivity contribution is 7.99. The monoisotopic (exact) mass is 276 g/mol. The van der Waals surface area contributed by atoms with E-state index in [1.54, 1.807) is 0 Å². The molecule has 0 amide bonds. The Balaban J connectivity index is 1.48. The van der Waals surface area contributed by atoms with Crippen molar-refractivity contribution in [1.82, 2.24) is 10.2 Å². The van der Waals surface area contributed by atoms with Crippen molar-refractivity contribution >= 4 is 11.8 Å². The predicted octanol–water partition coefficient (Wildman–Crippen LogP) is 2.78. The van der Waals surface area contributed by atoms with Crippen LogP contribution in [0, 0.1) is 5.92 Å². The van der Waals surface area contributed by atoms with Gasteiger partial charge in [0.15, 0.2) is 0 Å². The molecule has 1 aliphatic carbocycles. The third-order valence-electron chi connectivity index (χ3n) is 4.15. The third-order valence-corrected chi connectivity index (χ3v) is 5.09. The number of benzene rings is 1. The van der Waals surface area contributed by atoms with E-state index >= 15 is 0 Å².